The van der Waals surface area contributed by atoms with Gasteiger partial charge in [-0.3, -0.25) is 24.4 Å². The first-order valence-corrected chi connectivity index (χ1v) is 25.7. The molecule has 0 bridgehead atoms. The Bertz CT molecular complexity index is 2930. The monoisotopic (exact) mass is 995 g/mol. The Hall–Kier alpha value is -6.71. The molecule has 0 aliphatic carbocycles. The Morgan fingerprint density at radius 3 is 1.99 bits per heavy atom. The quantitative estimate of drug-likeness (QED) is 0.101. The molecule has 3 amide bonds. The summed E-state index contributed by atoms with van der Waals surface area (Å²) in [5.74, 6) is 1.33. The second-order valence-electron chi connectivity index (χ2n) is 20.9. The molecule has 14 nitrogen and oxygen atoms in total. The van der Waals surface area contributed by atoms with E-state index in [1.165, 1.54) is 0 Å². The van der Waals surface area contributed by atoms with Crippen molar-refractivity contribution in [1.29, 1.82) is 0 Å². The van der Waals surface area contributed by atoms with Crippen LogP contribution in [0.4, 0.5) is 33.2 Å². The van der Waals surface area contributed by atoms with Crippen molar-refractivity contribution < 1.29 is 42.8 Å². The van der Waals surface area contributed by atoms with Crippen LogP contribution in [0.15, 0.2) is 96.0 Å². The summed E-state index contributed by atoms with van der Waals surface area (Å²) >= 11 is 1.62. The third-order valence-electron chi connectivity index (χ3n) is 13.7. The molecule has 5 aromatic carbocycles. The Balaban J connectivity index is 1.05. The number of hydrogen-bond acceptors (Lipinski definition) is 12. The lowest BCUT2D eigenvalue weighted by atomic mass is 9.96. The molecule has 0 radical (unpaired) electrons. The number of aliphatic imine (C=N–C) groups is 1. The number of ether oxygens (including phenoxy) is 6. The molecule has 0 saturated heterocycles. The highest BCUT2D eigenvalue weighted by molar-refractivity contribution is 7.99. The van der Waals surface area contributed by atoms with Gasteiger partial charge < -0.3 is 38.6 Å². The number of anilines is 4. The van der Waals surface area contributed by atoms with E-state index in [-0.39, 0.29) is 54.1 Å². The molecule has 0 spiro atoms. The zero-order chi connectivity index (χ0) is 51.1. The lowest BCUT2D eigenvalue weighted by molar-refractivity contribution is -0.00984. The van der Waals surface area contributed by atoms with Gasteiger partial charge in [-0.15, -0.1) is 0 Å². The zero-order valence-electron chi connectivity index (χ0n) is 42.9. The van der Waals surface area contributed by atoms with Crippen LogP contribution in [0.1, 0.15) is 97.9 Å². The summed E-state index contributed by atoms with van der Waals surface area (Å²) in [6.45, 7) is 15.3. The second-order valence-corrected chi connectivity index (χ2v) is 22.4. The number of carbonyl (C=O) groups is 3. The number of fused-ring (bicyclic) bond motifs is 8. The Labute approximate surface area is 427 Å². The van der Waals surface area contributed by atoms with Crippen LogP contribution < -0.4 is 39.0 Å². The summed E-state index contributed by atoms with van der Waals surface area (Å²) < 4.78 is 37.0. The molecule has 0 aromatic heterocycles. The highest BCUT2D eigenvalue weighted by Gasteiger charge is 2.40. The number of nitrogens with one attached hydrogen (secondary N) is 1. The number of amides is 3. The van der Waals surface area contributed by atoms with Crippen molar-refractivity contribution in [3.8, 4) is 23.0 Å². The number of carbonyl (C=O) groups excluding carboxylic acids is 3. The molecule has 2 unspecified atom stereocenters. The van der Waals surface area contributed by atoms with E-state index in [1.54, 1.807) is 54.0 Å². The summed E-state index contributed by atoms with van der Waals surface area (Å²) in [5.41, 5.74) is 6.89. The molecular weight excluding hydrogens is 931 g/mol. The van der Waals surface area contributed by atoms with Crippen molar-refractivity contribution >= 4 is 64.3 Å². The molecule has 9 rings (SSSR count). The molecule has 15 heteroatoms. The van der Waals surface area contributed by atoms with Gasteiger partial charge in [0.25, 0.3) is 11.8 Å². The number of rotatable bonds is 16. The van der Waals surface area contributed by atoms with E-state index < -0.39 is 11.6 Å². The van der Waals surface area contributed by atoms with E-state index in [9.17, 15) is 14.4 Å². The molecular formula is C57H65N5O9S. The maximum atomic E-state index is 14.6. The number of benzene rings is 5. The SMILES string of the molecule is COc1cc2c(cc1OCc1cc(COc3cc4c(cc3OC)C(=O)N3c5ccccc5CC3CN4)cc(N(C(=O)OCC(C)(C)SC)C(C)(C)CCOC(C)(C)C)c1)N=CC1Cc3ccccc3N1C2=O. The van der Waals surface area contributed by atoms with Crippen LogP contribution in [-0.4, -0.2) is 92.3 Å². The smallest absolute Gasteiger partial charge is 0.414 e. The minimum Gasteiger partial charge on any atom is -0.493 e. The fraction of sp³-hybridized carbons (Fsp3) is 0.404. The van der Waals surface area contributed by atoms with Gasteiger partial charge in [0.1, 0.15) is 19.8 Å². The predicted octanol–water partition coefficient (Wildman–Crippen LogP) is 11.2. The summed E-state index contributed by atoms with van der Waals surface area (Å²) in [6, 6.07) is 28.5. The molecule has 72 heavy (non-hydrogen) atoms. The molecule has 2 atom stereocenters. The number of para-hydroxylation sites is 2. The summed E-state index contributed by atoms with van der Waals surface area (Å²) in [4.78, 5) is 53.2. The van der Waals surface area contributed by atoms with Crippen LogP contribution >= 0.6 is 11.8 Å². The third kappa shape index (κ3) is 10.3. The van der Waals surface area contributed by atoms with Gasteiger partial charge in [0.05, 0.1) is 54.4 Å². The first-order chi connectivity index (χ1) is 34.4. The second kappa shape index (κ2) is 20.1. The first-order valence-electron chi connectivity index (χ1n) is 24.5. The van der Waals surface area contributed by atoms with E-state index in [2.05, 4.69) is 11.4 Å². The third-order valence-corrected chi connectivity index (χ3v) is 14.9. The molecule has 378 valence electrons. The van der Waals surface area contributed by atoms with E-state index in [4.69, 9.17) is 33.4 Å². The minimum absolute atomic E-state index is 0.0383. The van der Waals surface area contributed by atoms with Crippen LogP contribution in [0.5, 0.6) is 23.0 Å². The van der Waals surface area contributed by atoms with Crippen molar-refractivity contribution in [1.82, 2.24) is 0 Å². The van der Waals surface area contributed by atoms with Crippen LogP contribution in [0, 0.1) is 0 Å². The lowest BCUT2D eigenvalue weighted by Crippen LogP contribution is -2.50. The van der Waals surface area contributed by atoms with Gasteiger partial charge in [-0.1, -0.05) is 36.4 Å². The van der Waals surface area contributed by atoms with Crippen LogP contribution in [0.25, 0.3) is 0 Å². The first kappa shape index (κ1) is 50.2. The van der Waals surface area contributed by atoms with E-state index in [0.717, 1.165) is 34.5 Å². The highest BCUT2D eigenvalue weighted by Crippen LogP contribution is 2.43. The average molecular weight is 996 g/mol. The van der Waals surface area contributed by atoms with E-state index in [0.29, 0.717) is 82.7 Å². The maximum Gasteiger partial charge on any atom is 0.414 e. The largest absolute Gasteiger partial charge is 0.493 e. The lowest BCUT2D eigenvalue weighted by Gasteiger charge is -2.39. The topological polar surface area (TPSA) is 141 Å². The van der Waals surface area contributed by atoms with Crippen LogP contribution in [0.2, 0.25) is 0 Å². The van der Waals surface area contributed by atoms with Gasteiger partial charge in [0.2, 0.25) is 0 Å². The van der Waals surface area contributed by atoms with Crippen molar-refractivity contribution in [3.63, 3.8) is 0 Å². The Kier molecular flexibility index (Phi) is 14.0. The van der Waals surface area contributed by atoms with Gasteiger partial charge >= 0.3 is 6.09 Å². The number of methoxy groups -OCH3 is 2. The molecule has 5 aromatic rings. The van der Waals surface area contributed by atoms with Crippen LogP contribution in [0.3, 0.4) is 0 Å². The Morgan fingerprint density at radius 1 is 0.750 bits per heavy atom. The summed E-state index contributed by atoms with van der Waals surface area (Å²) in [6.07, 6.45) is 5.24. The maximum absolute atomic E-state index is 14.6. The predicted molar refractivity (Wildman–Crippen MR) is 285 cm³/mol. The molecule has 4 heterocycles. The van der Waals surface area contributed by atoms with Crippen molar-refractivity contribution in [3.05, 3.63) is 124 Å². The number of nitrogens with zero attached hydrogens (tertiary/aromatic N) is 4. The van der Waals surface area contributed by atoms with Crippen molar-refractivity contribution in [2.24, 2.45) is 4.99 Å². The Morgan fingerprint density at radius 2 is 1.35 bits per heavy atom. The number of hydrogen-bond donors (Lipinski definition) is 1. The fourth-order valence-corrected chi connectivity index (χ4v) is 9.92. The minimum atomic E-state index is -0.795. The van der Waals surface area contributed by atoms with Crippen LogP contribution in [-0.2, 0) is 35.5 Å². The number of thioether (sulfide) groups is 1. The zero-order valence-corrected chi connectivity index (χ0v) is 43.7. The summed E-state index contributed by atoms with van der Waals surface area (Å²) in [5, 5.41) is 3.52. The van der Waals surface area contributed by atoms with Gasteiger partial charge in [0.15, 0.2) is 23.0 Å². The highest BCUT2D eigenvalue weighted by atomic mass is 32.2. The normalized spacial score (nSPS) is 16.8. The molecule has 4 aliphatic heterocycles. The van der Waals surface area contributed by atoms with Gasteiger partial charge in [-0.05, 0) is 132 Å². The average Bonchev–Trinajstić information content (AvgIpc) is 3.84. The van der Waals surface area contributed by atoms with E-state index >= 15 is 0 Å². The molecule has 0 saturated carbocycles. The fourth-order valence-electron chi connectivity index (χ4n) is 9.74. The molecule has 4 aliphatic rings. The summed E-state index contributed by atoms with van der Waals surface area (Å²) in [7, 11) is 3.10. The van der Waals surface area contributed by atoms with Crippen molar-refractivity contribution in [2.45, 2.75) is 109 Å². The van der Waals surface area contributed by atoms with Gasteiger partial charge in [-0.2, -0.15) is 11.8 Å². The van der Waals surface area contributed by atoms with Crippen molar-refractivity contribution in [2.75, 3.05) is 60.3 Å². The molecule has 1 N–H and O–H groups in total. The van der Waals surface area contributed by atoms with E-state index in [1.807, 2.05) is 133 Å². The molecule has 0 fully saturated rings. The van der Waals surface area contributed by atoms with Gasteiger partial charge in [0, 0.05) is 65.3 Å². The van der Waals surface area contributed by atoms with Gasteiger partial charge in [-0.25, -0.2) is 4.79 Å². The standard InChI is InChI=1S/C57H65N5O9S/c1-55(2,3)71-20-19-56(4,5)62(54(65)70-34-57(6,7)72-10)39-22-35(32-68-50-28-44-42(26-48(50)66-8)52(63)60-40(30-58-44)24-37-15-11-13-17-46(37)60)21-36(23-39)33-69-51-29-45-43(27-49(51)67-9)53(64)61-41(31-59-45)25-38-16-12-14-18-47(38)61/h11-18,21-23,26-30,40-41,59H,19-20,24-25,31-34H2,1-10H3.